The third kappa shape index (κ3) is 119. The summed E-state index contributed by atoms with van der Waals surface area (Å²) >= 11 is -1.46. The molecule has 23 heavy (non-hydrogen) atoms. The van der Waals surface area contributed by atoms with Crippen molar-refractivity contribution in [2.75, 3.05) is 0 Å². The molecule has 7 heteroatoms. The first-order valence-corrected chi connectivity index (χ1v) is 13.9. The zero-order chi connectivity index (χ0) is 18.9. The van der Waals surface area contributed by atoms with Crippen LogP contribution in [0.4, 0.5) is 0 Å². The summed E-state index contributed by atoms with van der Waals surface area (Å²) in [5.74, 6) is 8.72. The summed E-state index contributed by atoms with van der Waals surface area (Å²) in [7, 11) is 0. The molecular formula is C16H40Al2MgO4. The van der Waals surface area contributed by atoms with E-state index in [4.69, 9.17) is 7.58 Å². The van der Waals surface area contributed by atoms with Gasteiger partial charge in [-0.15, -0.1) is 12.2 Å². The summed E-state index contributed by atoms with van der Waals surface area (Å²) in [6, 6.07) is 0. The van der Waals surface area contributed by atoms with Crippen LogP contribution < -0.4 is 10.2 Å². The minimum atomic E-state index is -0.728. The molecule has 0 fully saturated rings. The second-order valence-corrected chi connectivity index (χ2v) is 11.3. The molecule has 0 saturated heterocycles. The van der Waals surface area contributed by atoms with E-state index in [1.807, 2.05) is 0 Å². The molecule has 0 radical (unpaired) electrons. The van der Waals surface area contributed by atoms with Gasteiger partial charge in [-0.05, 0) is 27.7 Å². The predicted molar refractivity (Wildman–Crippen MR) is 103 cm³/mol. The molecule has 0 aromatic rings. The van der Waals surface area contributed by atoms with E-state index in [2.05, 4.69) is 50.8 Å². The third-order valence-electron chi connectivity index (χ3n) is 1.09. The first kappa shape index (κ1) is 35.7. The van der Waals surface area contributed by atoms with Gasteiger partial charge in [-0.1, -0.05) is 50.8 Å². The topological polar surface area (TPSA) is 64.6 Å². The molecule has 0 heterocycles. The van der Waals surface area contributed by atoms with E-state index in [9.17, 15) is 10.2 Å². The summed E-state index contributed by atoms with van der Waals surface area (Å²) in [5, 5.41) is 19.1. The fourth-order valence-corrected chi connectivity index (χ4v) is 3.27. The first-order valence-electron chi connectivity index (χ1n) is 8.34. The molecule has 136 valence electrons. The van der Waals surface area contributed by atoms with E-state index in [0.29, 0.717) is 12.2 Å². The maximum Gasteiger partial charge on any atom is 2.00 e. The van der Waals surface area contributed by atoms with Gasteiger partial charge in [-0.3, -0.25) is 0 Å². The molecule has 0 unspecified atom stereocenters. The molecule has 4 nitrogen and oxygen atoms in total. The van der Waals surface area contributed by atoms with Crippen molar-refractivity contribution in [3.8, 4) is 0 Å². The first-order chi connectivity index (χ1) is 9.72. The Hall–Kier alpha value is 1.67. The number of hydrogen-bond donors (Lipinski definition) is 0. The molecule has 0 amide bonds. The fourth-order valence-electron chi connectivity index (χ4n) is 1.09. The van der Waals surface area contributed by atoms with Gasteiger partial charge in [0.25, 0.3) is 0 Å². The minimum Gasteiger partial charge on any atom is -0.852 e. The Kier molecular flexibility index (Phi) is 40.2. The molecular weight excluding hydrogens is 334 g/mol. The summed E-state index contributed by atoms with van der Waals surface area (Å²) < 4.78 is 10.8. The van der Waals surface area contributed by atoms with E-state index < -0.39 is 41.2 Å². The van der Waals surface area contributed by atoms with Crippen LogP contribution in [0.3, 0.4) is 0 Å². The Morgan fingerprint density at radius 2 is 0.696 bits per heavy atom. The summed E-state index contributed by atoms with van der Waals surface area (Å²) in [6.07, 6.45) is 0.0401. The smallest absolute Gasteiger partial charge is 0.852 e. The number of hydrogen-bond acceptors (Lipinski definition) is 4. The van der Waals surface area contributed by atoms with Gasteiger partial charge in [0.05, 0.1) is 0 Å². The van der Waals surface area contributed by atoms with Crippen molar-refractivity contribution in [3.05, 3.63) is 0 Å². The molecule has 0 aromatic heterocycles. The molecule has 0 N–H and O–H groups in total. The van der Waals surface area contributed by atoms with E-state index >= 15 is 0 Å². The van der Waals surface area contributed by atoms with Crippen LogP contribution in [0.1, 0.15) is 55.4 Å². The average Bonchev–Trinajstić information content (AvgIpc) is 2.10. The molecule has 0 rings (SSSR count). The third-order valence-corrected chi connectivity index (χ3v) is 3.27. The Morgan fingerprint density at radius 1 is 0.565 bits per heavy atom. The van der Waals surface area contributed by atoms with Gasteiger partial charge in [0.1, 0.15) is 0 Å². The predicted octanol–water partition coefficient (Wildman–Crippen LogP) is 2.45. The van der Waals surface area contributed by atoms with Crippen LogP contribution in [0.5, 0.6) is 0 Å². The van der Waals surface area contributed by atoms with E-state index in [1.165, 1.54) is 0 Å². The van der Waals surface area contributed by atoms with Crippen LogP contribution in [0.2, 0.25) is 23.1 Å². The largest absolute Gasteiger partial charge is 2.00 e. The van der Waals surface area contributed by atoms with Crippen LogP contribution in [0, 0.1) is 0 Å². The van der Waals surface area contributed by atoms with Gasteiger partial charge < -0.3 is 17.8 Å². The monoisotopic (exact) mass is 374 g/mol. The fraction of sp³-hybridized carbons (Fsp3) is 1.00. The minimum absolute atomic E-state index is 0. The van der Waals surface area contributed by atoms with Crippen molar-refractivity contribution in [1.29, 1.82) is 0 Å². The van der Waals surface area contributed by atoms with Gasteiger partial charge in [0.2, 0.25) is 0 Å². The summed E-state index contributed by atoms with van der Waals surface area (Å²) in [5.41, 5.74) is 0. The molecule has 0 spiro atoms. The Morgan fingerprint density at radius 3 is 0.696 bits per heavy atom. The van der Waals surface area contributed by atoms with Crippen LogP contribution >= 0.6 is 0 Å². The van der Waals surface area contributed by atoms with Gasteiger partial charge in [-0.2, -0.15) is 0 Å². The van der Waals surface area contributed by atoms with Crippen molar-refractivity contribution < 1.29 is 17.8 Å². The zero-order valence-corrected chi connectivity index (χ0v) is 21.5. The SMILES string of the molecule is CC(C)[O-].CC(C)[O-].CC(C)[O][Al]([CH3])[CH3].CC(C)[O][Al]([CH3])[CH3].[Mg+2]. The van der Waals surface area contributed by atoms with Crippen LogP contribution in [-0.4, -0.2) is 76.4 Å². The van der Waals surface area contributed by atoms with Gasteiger partial charge in [-0.25, -0.2) is 0 Å². The molecule has 0 atom stereocenters. The van der Waals surface area contributed by atoms with Crippen LogP contribution in [-0.2, 0) is 7.58 Å². The molecule has 0 aliphatic heterocycles. The normalized spacial score (nSPS) is 9.13. The van der Waals surface area contributed by atoms with Gasteiger partial charge >= 0.3 is 52.0 Å². The van der Waals surface area contributed by atoms with Crippen molar-refractivity contribution in [2.24, 2.45) is 0 Å². The second kappa shape index (κ2) is 25.9. The quantitative estimate of drug-likeness (QED) is 0.709. The van der Waals surface area contributed by atoms with E-state index in [1.54, 1.807) is 27.7 Å². The second-order valence-electron chi connectivity index (χ2n) is 6.56. The van der Waals surface area contributed by atoms with Crippen LogP contribution in [0.25, 0.3) is 0 Å². The van der Waals surface area contributed by atoms with Crippen molar-refractivity contribution in [3.63, 3.8) is 0 Å². The van der Waals surface area contributed by atoms with E-state index in [0.717, 1.165) is 0 Å². The maximum atomic E-state index is 9.53. The van der Waals surface area contributed by atoms with E-state index in [-0.39, 0.29) is 23.1 Å². The van der Waals surface area contributed by atoms with Gasteiger partial charge in [0, 0.05) is 12.2 Å². The van der Waals surface area contributed by atoms with Crippen molar-refractivity contribution >= 4 is 52.0 Å². The summed E-state index contributed by atoms with van der Waals surface area (Å²) in [4.78, 5) is 0. The van der Waals surface area contributed by atoms with Crippen LogP contribution in [0.15, 0.2) is 0 Å². The standard InChI is InChI=1S/4C3H7O.4CH3.2Al.Mg/c4*1-3(2)4;;;;;;;/h4*3H,1-2H3;4*1H3;;;/q4*-1;;;;;2*+1;+2. The molecule has 0 aliphatic carbocycles. The Labute approximate surface area is 171 Å². The zero-order valence-electron chi connectivity index (χ0n) is 17.8. The molecule has 0 aliphatic rings. The van der Waals surface area contributed by atoms with Gasteiger partial charge in [0.15, 0.2) is 0 Å². The summed E-state index contributed by atoms with van der Waals surface area (Å²) in [6.45, 7) is 14.8. The average molecular weight is 375 g/mol. The molecule has 0 bridgehead atoms. The van der Waals surface area contributed by atoms with Crippen molar-refractivity contribution in [2.45, 2.75) is 103 Å². The molecule has 0 saturated carbocycles. The number of rotatable bonds is 4. The maximum absolute atomic E-state index is 9.53. The van der Waals surface area contributed by atoms with Crippen molar-refractivity contribution in [1.82, 2.24) is 0 Å². The Bertz CT molecular complexity index is 153. The Balaban J connectivity index is -0.0000000639. The molecule has 0 aromatic carbocycles.